The van der Waals surface area contributed by atoms with Crippen molar-refractivity contribution < 1.29 is 4.79 Å². The van der Waals surface area contributed by atoms with Gasteiger partial charge >= 0.3 is 0 Å². The maximum Gasteiger partial charge on any atom is 0.224 e. The molecule has 0 bridgehead atoms. The van der Waals surface area contributed by atoms with E-state index >= 15 is 0 Å². The summed E-state index contributed by atoms with van der Waals surface area (Å²) in [4.78, 5) is 15.5. The summed E-state index contributed by atoms with van der Waals surface area (Å²) >= 11 is 1.63. The minimum atomic E-state index is 0.0249. The summed E-state index contributed by atoms with van der Waals surface area (Å²) in [6.07, 6.45) is 2.29. The molecule has 1 unspecified atom stereocenters. The van der Waals surface area contributed by atoms with Crippen LogP contribution in [0.3, 0.4) is 0 Å². The van der Waals surface area contributed by atoms with Crippen LogP contribution in [0.1, 0.15) is 31.3 Å². The molecule has 0 aliphatic heterocycles. The molecule has 1 aromatic carbocycles. The van der Waals surface area contributed by atoms with Crippen LogP contribution in [0.2, 0.25) is 0 Å². The van der Waals surface area contributed by atoms with Crippen LogP contribution >= 0.6 is 11.3 Å². The molecular formula is C14H17N3OS. The van der Waals surface area contributed by atoms with Crippen molar-refractivity contribution >= 4 is 28.6 Å². The second-order valence-electron chi connectivity index (χ2n) is 4.22. The summed E-state index contributed by atoms with van der Waals surface area (Å²) in [5, 5.41) is 9.22. The Labute approximate surface area is 116 Å². The summed E-state index contributed by atoms with van der Waals surface area (Å²) in [6, 6.07) is 7.87. The second kappa shape index (κ2) is 6.33. The molecule has 0 fully saturated rings. The van der Waals surface area contributed by atoms with Crippen molar-refractivity contribution in [2.45, 2.75) is 26.3 Å². The molecule has 19 heavy (non-hydrogen) atoms. The molecule has 1 heterocycles. The number of thiazole rings is 1. The van der Waals surface area contributed by atoms with Gasteiger partial charge in [-0.2, -0.15) is 0 Å². The molecular weight excluding hydrogens is 258 g/mol. The van der Waals surface area contributed by atoms with Crippen LogP contribution < -0.4 is 10.6 Å². The lowest BCUT2D eigenvalue weighted by Gasteiger charge is -2.13. The molecule has 0 radical (unpaired) electrons. The minimum absolute atomic E-state index is 0.0249. The second-order valence-corrected chi connectivity index (χ2v) is 5.14. The summed E-state index contributed by atoms with van der Waals surface area (Å²) in [6.45, 7) is 3.91. The molecule has 0 saturated heterocycles. The zero-order valence-corrected chi connectivity index (χ0v) is 11.8. The number of hydrogen-bond acceptors (Lipinski definition) is 4. The fourth-order valence-corrected chi connectivity index (χ4v) is 2.31. The quantitative estimate of drug-likeness (QED) is 0.875. The number of hydrogen-bond donors (Lipinski definition) is 2. The average Bonchev–Trinajstić information content (AvgIpc) is 2.95. The van der Waals surface area contributed by atoms with E-state index in [0.29, 0.717) is 6.42 Å². The fraction of sp³-hybridized carbons (Fsp3) is 0.286. The third-order valence-corrected chi connectivity index (χ3v) is 3.65. The Kier molecular flexibility index (Phi) is 4.52. The molecule has 1 amide bonds. The highest BCUT2D eigenvalue weighted by Gasteiger charge is 2.07. The maximum absolute atomic E-state index is 11.3. The molecule has 0 aliphatic carbocycles. The molecule has 1 atom stereocenters. The molecule has 2 aromatic rings. The molecule has 0 saturated carbocycles. The summed E-state index contributed by atoms with van der Waals surface area (Å²) in [5.74, 6) is 0.0249. The number of nitrogens with zero attached hydrogens (tertiary/aromatic N) is 1. The van der Waals surface area contributed by atoms with Gasteiger partial charge in [0.1, 0.15) is 5.01 Å². The SMILES string of the molecule is CCC(=O)Nc1ccc(NC(C)c2nccs2)cc1. The first-order valence-electron chi connectivity index (χ1n) is 6.25. The molecule has 4 nitrogen and oxygen atoms in total. The standard InChI is InChI=1S/C14H17N3OS/c1-3-13(18)17-12-6-4-11(5-7-12)16-10(2)14-15-8-9-19-14/h4-10,16H,3H2,1-2H3,(H,17,18). The van der Waals surface area contributed by atoms with Crippen molar-refractivity contribution in [1.29, 1.82) is 0 Å². The Bertz CT molecular complexity index is 522. The van der Waals surface area contributed by atoms with E-state index in [0.717, 1.165) is 16.4 Å². The van der Waals surface area contributed by atoms with Gasteiger partial charge in [-0.25, -0.2) is 4.98 Å². The van der Waals surface area contributed by atoms with Gasteiger partial charge in [0.25, 0.3) is 0 Å². The Morgan fingerprint density at radius 1 is 1.32 bits per heavy atom. The van der Waals surface area contributed by atoms with Crippen molar-refractivity contribution in [3.63, 3.8) is 0 Å². The monoisotopic (exact) mass is 275 g/mol. The van der Waals surface area contributed by atoms with Crippen molar-refractivity contribution in [1.82, 2.24) is 4.98 Å². The third kappa shape index (κ3) is 3.79. The number of anilines is 2. The molecule has 0 spiro atoms. The predicted octanol–water partition coefficient (Wildman–Crippen LogP) is 3.66. The molecule has 2 N–H and O–H groups in total. The van der Waals surface area contributed by atoms with E-state index in [4.69, 9.17) is 0 Å². The van der Waals surface area contributed by atoms with Crippen LogP contribution in [-0.2, 0) is 4.79 Å². The lowest BCUT2D eigenvalue weighted by molar-refractivity contribution is -0.115. The third-order valence-electron chi connectivity index (χ3n) is 2.69. The lowest BCUT2D eigenvalue weighted by atomic mass is 10.2. The van der Waals surface area contributed by atoms with Crippen molar-refractivity contribution in [2.75, 3.05) is 10.6 Å². The van der Waals surface area contributed by atoms with E-state index in [2.05, 4.69) is 22.5 Å². The summed E-state index contributed by atoms with van der Waals surface area (Å²) in [7, 11) is 0. The summed E-state index contributed by atoms with van der Waals surface area (Å²) in [5.41, 5.74) is 1.83. The van der Waals surface area contributed by atoms with E-state index < -0.39 is 0 Å². The number of amides is 1. The van der Waals surface area contributed by atoms with Gasteiger partial charge in [0, 0.05) is 29.4 Å². The predicted molar refractivity (Wildman–Crippen MR) is 79.5 cm³/mol. The first-order valence-corrected chi connectivity index (χ1v) is 7.13. The Morgan fingerprint density at radius 2 is 2.00 bits per heavy atom. The van der Waals surface area contributed by atoms with Gasteiger partial charge in [-0.3, -0.25) is 4.79 Å². The number of carbonyl (C=O) groups is 1. The summed E-state index contributed by atoms with van der Waals surface area (Å²) < 4.78 is 0. The van der Waals surface area contributed by atoms with Crippen LogP contribution in [0, 0.1) is 0 Å². The number of benzene rings is 1. The largest absolute Gasteiger partial charge is 0.376 e. The van der Waals surface area contributed by atoms with Crippen LogP contribution in [-0.4, -0.2) is 10.9 Å². The van der Waals surface area contributed by atoms with Gasteiger partial charge < -0.3 is 10.6 Å². The zero-order valence-electron chi connectivity index (χ0n) is 11.0. The Morgan fingerprint density at radius 3 is 2.58 bits per heavy atom. The number of aromatic nitrogens is 1. The van der Waals surface area contributed by atoms with Gasteiger partial charge in [0.15, 0.2) is 0 Å². The molecule has 2 rings (SSSR count). The number of rotatable bonds is 5. The highest BCUT2D eigenvalue weighted by atomic mass is 32.1. The van der Waals surface area contributed by atoms with E-state index in [1.807, 2.05) is 42.8 Å². The molecule has 5 heteroatoms. The zero-order chi connectivity index (χ0) is 13.7. The van der Waals surface area contributed by atoms with Gasteiger partial charge in [0.2, 0.25) is 5.91 Å². The smallest absolute Gasteiger partial charge is 0.224 e. The Hall–Kier alpha value is -1.88. The first-order chi connectivity index (χ1) is 9.19. The van der Waals surface area contributed by atoms with Crippen molar-refractivity contribution in [3.8, 4) is 0 Å². The molecule has 1 aromatic heterocycles. The average molecular weight is 275 g/mol. The van der Waals surface area contributed by atoms with Crippen LogP contribution in [0.4, 0.5) is 11.4 Å². The highest BCUT2D eigenvalue weighted by molar-refractivity contribution is 7.09. The van der Waals surface area contributed by atoms with Crippen LogP contribution in [0.15, 0.2) is 35.8 Å². The van der Waals surface area contributed by atoms with Gasteiger partial charge in [-0.05, 0) is 31.2 Å². The number of nitrogens with one attached hydrogen (secondary N) is 2. The molecule has 100 valence electrons. The van der Waals surface area contributed by atoms with Crippen molar-refractivity contribution in [2.24, 2.45) is 0 Å². The van der Waals surface area contributed by atoms with E-state index in [-0.39, 0.29) is 11.9 Å². The van der Waals surface area contributed by atoms with Gasteiger partial charge in [0.05, 0.1) is 6.04 Å². The molecule has 0 aliphatic rings. The first kappa shape index (κ1) is 13.5. The minimum Gasteiger partial charge on any atom is -0.376 e. The van der Waals surface area contributed by atoms with E-state index in [1.165, 1.54) is 0 Å². The highest BCUT2D eigenvalue weighted by Crippen LogP contribution is 2.22. The number of carbonyl (C=O) groups excluding carboxylic acids is 1. The van der Waals surface area contributed by atoms with Crippen molar-refractivity contribution in [3.05, 3.63) is 40.8 Å². The topological polar surface area (TPSA) is 54.0 Å². The van der Waals surface area contributed by atoms with Crippen LogP contribution in [0.5, 0.6) is 0 Å². The van der Waals surface area contributed by atoms with E-state index in [9.17, 15) is 4.79 Å². The normalized spacial score (nSPS) is 11.9. The fourth-order valence-electron chi connectivity index (χ4n) is 1.66. The van der Waals surface area contributed by atoms with Crippen LogP contribution in [0.25, 0.3) is 0 Å². The lowest BCUT2D eigenvalue weighted by Crippen LogP contribution is -2.09. The van der Waals surface area contributed by atoms with Gasteiger partial charge in [-0.1, -0.05) is 6.92 Å². The van der Waals surface area contributed by atoms with Gasteiger partial charge in [-0.15, -0.1) is 11.3 Å². The van der Waals surface area contributed by atoms with E-state index in [1.54, 1.807) is 11.3 Å². The maximum atomic E-state index is 11.3. The Balaban J connectivity index is 1.97.